The Morgan fingerprint density at radius 1 is 1.00 bits per heavy atom. The van der Waals surface area contributed by atoms with Crippen LogP contribution in [0.2, 0.25) is 5.02 Å². The molecule has 40 heavy (non-hydrogen) atoms. The SMILES string of the molecule is O=C(O)[C@H]1CCC[C@@H]1C(=O)c1cc(C2CC2)c(OCC2CCN(Cc3cc(C(F)(F)F)ccc3Cl)CC2)cc1F. The van der Waals surface area contributed by atoms with Crippen molar-refractivity contribution in [1.29, 1.82) is 0 Å². The number of carboxylic acid groups (broad SMARTS) is 1. The van der Waals surface area contributed by atoms with Gasteiger partial charge in [-0.15, -0.1) is 0 Å². The largest absolute Gasteiger partial charge is 0.493 e. The molecule has 2 aromatic rings. The first kappa shape index (κ1) is 28.9. The number of carbonyl (C=O) groups is 2. The molecule has 1 N–H and O–H groups in total. The molecule has 2 atom stereocenters. The monoisotopic (exact) mass is 581 g/mol. The molecule has 0 spiro atoms. The first-order chi connectivity index (χ1) is 19.0. The molecule has 5 rings (SSSR count). The number of aliphatic carboxylic acids is 1. The lowest BCUT2D eigenvalue weighted by molar-refractivity contribution is -0.142. The third-order valence-electron chi connectivity index (χ3n) is 8.50. The van der Waals surface area contributed by atoms with Gasteiger partial charge in [-0.1, -0.05) is 18.0 Å². The first-order valence-corrected chi connectivity index (χ1v) is 14.2. The van der Waals surface area contributed by atoms with Gasteiger partial charge in [-0.05, 0) is 98.8 Å². The van der Waals surface area contributed by atoms with Crippen LogP contribution in [0.5, 0.6) is 5.75 Å². The molecule has 0 amide bonds. The number of rotatable bonds is 9. The molecule has 1 saturated heterocycles. The van der Waals surface area contributed by atoms with Crippen LogP contribution in [0, 0.1) is 23.6 Å². The topological polar surface area (TPSA) is 66.8 Å². The Morgan fingerprint density at radius 2 is 1.70 bits per heavy atom. The van der Waals surface area contributed by atoms with Gasteiger partial charge in [0, 0.05) is 23.6 Å². The summed E-state index contributed by atoms with van der Waals surface area (Å²) in [5.41, 5.74) is 0.476. The Balaban J connectivity index is 1.20. The number of ketones is 1. The number of alkyl halides is 3. The van der Waals surface area contributed by atoms with Gasteiger partial charge in [-0.25, -0.2) is 4.39 Å². The maximum absolute atomic E-state index is 15.2. The fourth-order valence-corrected chi connectivity index (χ4v) is 6.18. The van der Waals surface area contributed by atoms with E-state index in [0.29, 0.717) is 61.8 Å². The van der Waals surface area contributed by atoms with E-state index in [4.69, 9.17) is 16.3 Å². The minimum Gasteiger partial charge on any atom is -0.493 e. The van der Waals surface area contributed by atoms with Gasteiger partial charge < -0.3 is 9.84 Å². The fourth-order valence-electron chi connectivity index (χ4n) is 6.00. The Bertz CT molecular complexity index is 1270. The third-order valence-corrected chi connectivity index (χ3v) is 8.87. The zero-order valence-corrected chi connectivity index (χ0v) is 22.7. The number of carboxylic acids is 1. The highest BCUT2D eigenvalue weighted by atomic mass is 35.5. The van der Waals surface area contributed by atoms with Crippen molar-refractivity contribution in [2.75, 3.05) is 19.7 Å². The average molecular weight is 582 g/mol. The fraction of sp³-hybridized carbons (Fsp3) is 0.533. The molecule has 0 unspecified atom stereocenters. The van der Waals surface area contributed by atoms with Crippen molar-refractivity contribution in [3.63, 3.8) is 0 Å². The van der Waals surface area contributed by atoms with E-state index in [2.05, 4.69) is 4.90 Å². The second-order valence-corrected chi connectivity index (χ2v) is 11.7. The molecule has 5 nitrogen and oxygen atoms in total. The molecule has 2 aromatic carbocycles. The number of piperidine rings is 1. The predicted molar refractivity (Wildman–Crippen MR) is 141 cm³/mol. The highest BCUT2D eigenvalue weighted by Crippen LogP contribution is 2.46. The summed E-state index contributed by atoms with van der Waals surface area (Å²) in [6.07, 6.45) is 0.476. The van der Waals surface area contributed by atoms with E-state index < -0.39 is 41.1 Å². The van der Waals surface area contributed by atoms with Gasteiger partial charge in [-0.3, -0.25) is 14.5 Å². The van der Waals surface area contributed by atoms with Crippen molar-refractivity contribution in [1.82, 2.24) is 4.90 Å². The van der Waals surface area contributed by atoms with Crippen LogP contribution < -0.4 is 4.74 Å². The van der Waals surface area contributed by atoms with E-state index in [-0.39, 0.29) is 17.4 Å². The van der Waals surface area contributed by atoms with Gasteiger partial charge in [0.25, 0.3) is 0 Å². The number of hydrogen-bond donors (Lipinski definition) is 1. The van der Waals surface area contributed by atoms with Crippen molar-refractivity contribution in [3.05, 3.63) is 63.4 Å². The smallest absolute Gasteiger partial charge is 0.416 e. The van der Waals surface area contributed by atoms with E-state index in [0.717, 1.165) is 43.4 Å². The van der Waals surface area contributed by atoms with Crippen LogP contribution in [0.1, 0.15) is 77.9 Å². The van der Waals surface area contributed by atoms with E-state index in [9.17, 15) is 27.9 Å². The maximum atomic E-state index is 15.2. The summed E-state index contributed by atoms with van der Waals surface area (Å²) in [6.45, 7) is 2.04. The van der Waals surface area contributed by atoms with Crippen molar-refractivity contribution in [2.24, 2.45) is 17.8 Å². The number of hydrogen-bond acceptors (Lipinski definition) is 4. The van der Waals surface area contributed by atoms with Crippen molar-refractivity contribution in [3.8, 4) is 5.75 Å². The number of likely N-dealkylation sites (tertiary alicyclic amines) is 1. The van der Waals surface area contributed by atoms with E-state index in [1.165, 1.54) is 12.1 Å². The highest BCUT2D eigenvalue weighted by Gasteiger charge is 2.40. The first-order valence-electron chi connectivity index (χ1n) is 13.8. The summed E-state index contributed by atoms with van der Waals surface area (Å²) in [6, 6.07) is 6.22. The summed E-state index contributed by atoms with van der Waals surface area (Å²) < 4.78 is 60.6. The normalized spacial score (nSPS) is 22.4. The van der Waals surface area contributed by atoms with Gasteiger partial charge in [-0.2, -0.15) is 13.2 Å². The standard InChI is InChI=1S/C30H32ClF4NO4/c31-25-7-6-20(30(33,34)35)12-19(25)15-36-10-8-17(9-11-36)16-40-27-14-26(32)24(13-23(27)18-4-5-18)28(37)21-2-1-3-22(21)29(38)39/h6-7,12-14,17-18,21-22H,1-5,8-11,15-16H2,(H,38,39)/t21-,22-/m0/s1. The molecule has 216 valence electrons. The molecule has 0 aromatic heterocycles. The number of Topliss-reactive ketones (excluding diaryl/α,β-unsaturated/α-hetero) is 1. The minimum atomic E-state index is -4.43. The second kappa shape index (κ2) is 11.7. The Labute approximate surface area is 235 Å². The Hall–Kier alpha value is -2.65. The van der Waals surface area contributed by atoms with Crippen LogP contribution >= 0.6 is 11.6 Å². The number of benzene rings is 2. The van der Waals surface area contributed by atoms with E-state index in [1.54, 1.807) is 6.07 Å². The molecular weight excluding hydrogens is 550 g/mol. The van der Waals surface area contributed by atoms with Crippen LogP contribution in [-0.2, 0) is 17.5 Å². The molecule has 3 fully saturated rings. The summed E-state index contributed by atoms with van der Waals surface area (Å²) in [5, 5.41) is 9.77. The molecule has 2 saturated carbocycles. The molecule has 2 aliphatic carbocycles. The van der Waals surface area contributed by atoms with Crippen LogP contribution in [0.15, 0.2) is 30.3 Å². The van der Waals surface area contributed by atoms with Gasteiger partial charge >= 0.3 is 12.1 Å². The lowest BCUT2D eigenvalue weighted by Crippen LogP contribution is -2.35. The summed E-state index contributed by atoms with van der Waals surface area (Å²) in [4.78, 5) is 26.8. The molecule has 1 aliphatic heterocycles. The summed E-state index contributed by atoms with van der Waals surface area (Å²) in [7, 11) is 0. The van der Waals surface area contributed by atoms with Crippen LogP contribution in [0.3, 0.4) is 0 Å². The molecule has 1 heterocycles. The van der Waals surface area contributed by atoms with E-state index >= 15 is 4.39 Å². The van der Waals surface area contributed by atoms with Crippen molar-refractivity contribution in [2.45, 2.75) is 63.6 Å². The maximum Gasteiger partial charge on any atom is 0.416 e. The Morgan fingerprint density at radius 3 is 2.35 bits per heavy atom. The zero-order chi connectivity index (χ0) is 28.6. The van der Waals surface area contributed by atoms with E-state index in [1.807, 2.05) is 0 Å². The summed E-state index contributed by atoms with van der Waals surface area (Å²) in [5.74, 6) is -2.81. The third kappa shape index (κ3) is 6.46. The van der Waals surface area contributed by atoms with Gasteiger partial charge in [0.2, 0.25) is 0 Å². The van der Waals surface area contributed by atoms with Crippen LogP contribution in [0.25, 0.3) is 0 Å². The molecule has 0 radical (unpaired) electrons. The van der Waals surface area contributed by atoms with Gasteiger partial charge in [0.05, 0.1) is 23.7 Å². The average Bonchev–Trinajstić information content (AvgIpc) is 3.63. The van der Waals surface area contributed by atoms with Crippen LogP contribution in [-0.4, -0.2) is 41.5 Å². The Kier molecular flexibility index (Phi) is 8.43. The van der Waals surface area contributed by atoms with Crippen LogP contribution in [0.4, 0.5) is 17.6 Å². The quantitative estimate of drug-likeness (QED) is 0.248. The molecule has 0 bridgehead atoms. The van der Waals surface area contributed by atoms with Gasteiger partial charge in [0.1, 0.15) is 11.6 Å². The molecular formula is C30H32ClF4NO4. The zero-order valence-electron chi connectivity index (χ0n) is 22.0. The highest BCUT2D eigenvalue weighted by molar-refractivity contribution is 6.31. The lowest BCUT2D eigenvalue weighted by atomic mass is 9.87. The lowest BCUT2D eigenvalue weighted by Gasteiger charge is -2.32. The number of nitrogens with zero attached hydrogens (tertiary/aromatic N) is 1. The van der Waals surface area contributed by atoms with Crippen molar-refractivity contribution < 1.29 is 37.0 Å². The van der Waals surface area contributed by atoms with Gasteiger partial charge in [0.15, 0.2) is 5.78 Å². The predicted octanol–water partition coefficient (Wildman–Crippen LogP) is 7.35. The number of ether oxygens (including phenoxy) is 1. The molecule has 10 heteroatoms. The second-order valence-electron chi connectivity index (χ2n) is 11.3. The summed E-state index contributed by atoms with van der Waals surface area (Å²) >= 11 is 6.17. The number of carbonyl (C=O) groups excluding carboxylic acids is 1. The minimum absolute atomic E-state index is 0.0473. The number of halogens is 5. The van der Waals surface area contributed by atoms with Crippen molar-refractivity contribution >= 4 is 23.4 Å². The molecule has 3 aliphatic rings.